The number of nitro groups is 1. The van der Waals surface area contributed by atoms with E-state index in [1.165, 1.54) is 18.3 Å². The monoisotopic (exact) mass is 343 g/mol. The number of aromatic nitrogens is 1. The van der Waals surface area contributed by atoms with Gasteiger partial charge in [0, 0.05) is 30.1 Å². The minimum Gasteiger partial charge on any atom is -0.343 e. The number of para-hydroxylation sites is 1. The molecule has 0 unspecified atom stereocenters. The predicted octanol–water partition coefficient (Wildman–Crippen LogP) is 2.89. The Hall–Kier alpha value is -3.00. The molecule has 3 rings (SSSR count). The second kappa shape index (κ2) is 5.89. The van der Waals surface area contributed by atoms with Crippen molar-refractivity contribution in [1.82, 2.24) is 4.57 Å². The van der Waals surface area contributed by atoms with Crippen molar-refractivity contribution in [3.8, 4) is 0 Å². The summed E-state index contributed by atoms with van der Waals surface area (Å²) in [5.74, 6) is 0. The smallest absolute Gasteiger partial charge is 0.282 e. The number of aryl methyl sites for hydroxylation is 1. The van der Waals surface area contributed by atoms with Crippen LogP contribution in [0.2, 0.25) is 0 Å². The van der Waals surface area contributed by atoms with Crippen molar-refractivity contribution in [2.45, 2.75) is 4.90 Å². The molecule has 1 heterocycles. The molecule has 0 aliphatic heterocycles. The Kier molecular flexibility index (Phi) is 3.90. The lowest BCUT2D eigenvalue weighted by atomic mass is 10.2. The lowest BCUT2D eigenvalue weighted by Crippen LogP contribution is -2.00. The van der Waals surface area contributed by atoms with E-state index in [9.17, 15) is 18.5 Å². The SMILES string of the molecule is Cn1c(/C=N/S(=O)(=O)c2ccc([N+](=O)[O-])cc2)cc2ccccc21. The Balaban J connectivity index is 1.94. The van der Waals surface area contributed by atoms with Gasteiger partial charge in [0.15, 0.2) is 0 Å². The number of non-ortho nitro benzene ring substituents is 1. The van der Waals surface area contributed by atoms with Crippen molar-refractivity contribution in [1.29, 1.82) is 0 Å². The van der Waals surface area contributed by atoms with Gasteiger partial charge in [0.2, 0.25) is 0 Å². The maximum Gasteiger partial charge on any atom is 0.282 e. The first-order chi connectivity index (χ1) is 11.4. The van der Waals surface area contributed by atoms with Crippen LogP contribution >= 0.6 is 0 Å². The molecule has 24 heavy (non-hydrogen) atoms. The van der Waals surface area contributed by atoms with Crippen LogP contribution in [-0.4, -0.2) is 24.1 Å². The first-order valence-corrected chi connectivity index (χ1v) is 8.42. The predicted molar refractivity (Wildman–Crippen MR) is 90.8 cm³/mol. The molecule has 0 bridgehead atoms. The topological polar surface area (TPSA) is 94.6 Å². The molecule has 8 heteroatoms. The van der Waals surface area contributed by atoms with E-state index in [-0.39, 0.29) is 10.6 Å². The van der Waals surface area contributed by atoms with E-state index < -0.39 is 14.9 Å². The number of sulfonamides is 1. The third kappa shape index (κ3) is 2.91. The van der Waals surface area contributed by atoms with Gasteiger partial charge in [-0.3, -0.25) is 10.1 Å². The van der Waals surface area contributed by atoms with Crippen LogP contribution in [0.3, 0.4) is 0 Å². The van der Waals surface area contributed by atoms with Crippen LogP contribution in [0, 0.1) is 10.1 Å². The minimum atomic E-state index is -3.92. The number of nitrogens with zero attached hydrogens (tertiary/aromatic N) is 3. The third-order valence-electron chi connectivity index (χ3n) is 3.66. The van der Waals surface area contributed by atoms with Gasteiger partial charge in [-0.1, -0.05) is 18.2 Å². The van der Waals surface area contributed by atoms with Crippen molar-refractivity contribution in [3.63, 3.8) is 0 Å². The molecule has 0 saturated heterocycles. The van der Waals surface area contributed by atoms with Crippen LogP contribution in [0.5, 0.6) is 0 Å². The van der Waals surface area contributed by atoms with Crippen molar-refractivity contribution < 1.29 is 13.3 Å². The number of benzene rings is 2. The van der Waals surface area contributed by atoms with E-state index in [2.05, 4.69) is 4.40 Å². The summed E-state index contributed by atoms with van der Waals surface area (Å²) in [5.41, 5.74) is 1.43. The highest BCUT2D eigenvalue weighted by Crippen LogP contribution is 2.19. The number of fused-ring (bicyclic) bond motifs is 1. The van der Waals surface area contributed by atoms with Crippen LogP contribution in [0.15, 0.2) is 63.9 Å². The summed E-state index contributed by atoms with van der Waals surface area (Å²) in [6, 6.07) is 14.1. The van der Waals surface area contributed by atoms with Crippen molar-refractivity contribution in [2.75, 3.05) is 0 Å². The quantitative estimate of drug-likeness (QED) is 0.413. The van der Waals surface area contributed by atoms with E-state index >= 15 is 0 Å². The standard InChI is InChI=1S/C16H13N3O4S/c1-18-14(10-12-4-2-3-5-16(12)18)11-17-24(22,23)15-8-6-13(7-9-15)19(20)21/h2-11H,1H3/b17-11+. The zero-order valence-corrected chi connectivity index (χ0v) is 13.5. The van der Waals surface area contributed by atoms with Crippen molar-refractivity contribution in [3.05, 3.63) is 70.4 Å². The van der Waals surface area contributed by atoms with Gasteiger partial charge >= 0.3 is 0 Å². The maximum atomic E-state index is 12.2. The van der Waals surface area contributed by atoms with Gasteiger partial charge in [0.05, 0.1) is 21.7 Å². The Morgan fingerprint density at radius 2 is 1.79 bits per heavy atom. The van der Waals surface area contributed by atoms with E-state index in [1.807, 2.05) is 41.9 Å². The van der Waals surface area contributed by atoms with Crippen molar-refractivity contribution in [2.24, 2.45) is 11.4 Å². The summed E-state index contributed by atoms with van der Waals surface area (Å²) < 4.78 is 30.0. The zero-order chi connectivity index (χ0) is 17.3. The summed E-state index contributed by atoms with van der Waals surface area (Å²) in [4.78, 5) is 9.94. The molecule has 0 spiro atoms. The molecule has 0 N–H and O–H groups in total. The molecule has 1 aromatic heterocycles. The highest BCUT2D eigenvalue weighted by molar-refractivity contribution is 7.90. The zero-order valence-electron chi connectivity index (χ0n) is 12.7. The Bertz CT molecular complexity index is 1050. The fourth-order valence-electron chi connectivity index (χ4n) is 2.36. The summed E-state index contributed by atoms with van der Waals surface area (Å²) in [7, 11) is -2.10. The summed E-state index contributed by atoms with van der Waals surface area (Å²) in [6.07, 6.45) is 1.27. The van der Waals surface area contributed by atoms with E-state index in [4.69, 9.17) is 0 Å². The average Bonchev–Trinajstić information content (AvgIpc) is 2.90. The van der Waals surface area contributed by atoms with Gasteiger partial charge in [-0.2, -0.15) is 12.8 Å². The highest BCUT2D eigenvalue weighted by Gasteiger charge is 2.14. The first kappa shape index (κ1) is 15.9. The Labute approximate surface area is 138 Å². The maximum absolute atomic E-state index is 12.2. The number of hydrogen-bond donors (Lipinski definition) is 0. The Morgan fingerprint density at radius 1 is 1.12 bits per heavy atom. The van der Waals surface area contributed by atoms with Crippen molar-refractivity contribution >= 4 is 32.8 Å². The molecule has 0 atom stereocenters. The van der Waals surface area contributed by atoms with Gasteiger partial charge in [-0.25, -0.2) is 0 Å². The fraction of sp³-hybridized carbons (Fsp3) is 0.0625. The second-order valence-corrected chi connectivity index (χ2v) is 6.78. The fourth-order valence-corrected chi connectivity index (χ4v) is 3.21. The minimum absolute atomic E-state index is 0.0943. The van der Waals surface area contributed by atoms with Gasteiger partial charge < -0.3 is 4.57 Å². The molecule has 0 aliphatic rings. The molecular weight excluding hydrogens is 330 g/mol. The number of hydrogen-bond acceptors (Lipinski definition) is 4. The average molecular weight is 343 g/mol. The molecule has 3 aromatic rings. The van der Waals surface area contributed by atoms with E-state index in [0.29, 0.717) is 5.69 Å². The van der Waals surface area contributed by atoms with Crippen LogP contribution < -0.4 is 0 Å². The summed E-state index contributed by atoms with van der Waals surface area (Å²) >= 11 is 0. The van der Waals surface area contributed by atoms with Gasteiger partial charge in [0.25, 0.3) is 15.7 Å². The second-order valence-electron chi connectivity index (χ2n) is 5.15. The third-order valence-corrected chi connectivity index (χ3v) is 4.91. The molecule has 122 valence electrons. The molecule has 0 amide bonds. The molecule has 0 fully saturated rings. The van der Waals surface area contributed by atoms with Crippen LogP contribution in [0.1, 0.15) is 5.69 Å². The molecule has 0 aliphatic carbocycles. The van der Waals surface area contributed by atoms with Crippen LogP contribution in [0.25, 0.3) is 10.9 Å². The molecule has 0 radical (unpaired) electrons. The summed E-state index contributed by atoms with van der Waals surface area (Å²) in [6.45, 7) is 0. The molecular formula is C16H13N3O4S. The van der Waals surface area contributed by atoms with Crippen LogP contribution in [-0.2, 0) is 17.1 Å². The number of nitro benzene ring substituents is 1. The highest BCUT2D eigenvalue weighted by atomic mass is 32.2. The normalized spacial score (nSPS) is 12.0. The molecule has 0 saturated carbocycles. The molecule has 7 nitrogen and oxygen atoms in total. The van der Waals surface area contributed by atoms with E-state index in [0.717, 1.165) is 23.0 Å². The van der Waals surface area contributed by atoms with Gasteiger partial charge in [-0.15, -0.1) is 0 Å². The Morgan fingerprint density at radius 3 is 2.42 bits per heavy atom. The van der Waals surface area contributed by atoms with Gasteiger partial charge in [0.1, 0.15) is 0 Å². The summed E-state index contributed by atoms with van der Waals surface area (Å²) in [5, 5.41) is 11.6. The van der Waals surface area contributed by atoms with E-state index in [1.54, 1.807) is 0 Å². The lowest BCUT2D eigenvalue weighted by Gasteiger charge is -2.00. The largest absolute Gasteiger partial charge is 0.343 e. The van der Waals surface area contributed by atoms with Gasteiger partial charge in [-0.05, 0) is 24.3 Å². The van der Waals surface area contributed by atoms with Crippen LogP contribution in [0.4, 0.5) is 5.69 Å². The first-order valence-electron chi connectivity index (χ1n) is 6.98. The molecule has 2 aromatic carbocycles. The number of rotatable bonds is 4. The lowest BCUT2D eigenvalue weighted by molar-refractivity contribution is -0.384.